The van der Waals surface area contributed by atoms with Crippen LogP contribution in [0.5, 0.6) is 0 Å². The molecule has 3 aromatic rings. The molecule has 2 heterocycles. The van der Waals surface area contributed by atoms with Crippen molar-refractivity contribution in [3.63, 3.8) is 0 Å². The second kappa shape index (κ2) is 5.46. The highest BCUT2D eigenvalue weighted by Gasteiger charge is 2.07. The molecule has 0 saturated carbocycles. The molecule has 0 saturated heterocycles. The number of fused-ring (bicyclic) bond motifs is 1. The Hall–Kier alpha value is -2.14. The summed E-state index contributed by atoms with van der Waals surface area (Å²) in [6.07, 6.45) is 5.24. The highest BCUT2D eigenvalue weighted by molar-refractivity contribution is 9.10. The number of nitrogens with zero attached hydrogens (tertiary/aromatic N) is 2. The average Bonchev–Trinajstić information content (AvgIpc) is 2.47. The molecule has 0 fully saturated rings. The Kier molecular flexibility index (Phi) is 3.52. The van der Waals surface area contributed by atoms with Gasteiger partial charge in [-0.15, -0.1) is 0 Å². The topological polar surface area (TPSA) is 63.8 Å². The molecule has 0 bridgehead atoms. The number of benzene rings is 1. The van der Waals surface area contributed by atoms with Crippen molar-refractivity contribution in [3.05, 3.63) is 59.0 Å². The second-order valence-electron chi connectivity index (χ2n) is 4.46. The van der Waals surface area contributed by atoms with Crippen molar-refractivity contribution in [2.45, 2.75) is 6.54 Å². The lowest BCUT2D eigenvalue weighted by Gasteiger charge is -2.12. The average molecular weight is 329 g/mol. The van der Waals surface area contributed by atoms with Crippen molar-refractivity contribution in [2.75, 3.05) is 11.1 Å². The van der Waals surface area contributed by atoms with Gasteiger partial charge >= 0.3 is 0 Å². The van der Waals surface area contributed by atoms with Crippen LogP contribution in [0.4, 0.5) is 11.4 Å². The largest absolute Gasteiger partial charge is 0.396 e. The normalized spacial score (nSPS) is 10.7. The van der Waals surface area contributed by atoms with E-state index in [1.165, 1.54) is 0 Å². The van der Waals surface area contributed by atoms with E-state index in [-0.39, 0.29) is 0 Å². The van der Waals surface area contributed by atoms with Gasteiger partial charge in [-0.3, -0.25) is 9.97 Å². The minimum atomic E-state index is 0.643. The molecule has 100 valence electrons. The molecule has 20 heavy (non-hydrogen) atoms. The lowest BCUT2D eigenvalue weighted by atomic mass is 10.1. The Bertz CT molecular complexity index is 738. The molecule has 0 aliphatic rings. The van der Waals surface area contributed by atoms with Crippen LogP contribution in [0, 0.1) is 0 Å². The number of halogens is 1. The summed E-state index contributed by atoms with van der Waals surface area (Å²) in [4.78, 5) is 8.35. The lowest BCUT2D eigenvalue weighted by Crippen LogP contribution is -2.04. The molecular formula is C15H13BrN4. The number of nitrogens with two attached hydrogens (primary N) is 1. The van der Waals surface area contributed by atoms with Gasteiger partial charge in [-0.05, 0) is 35.9 Å². The van der Waals surface area contributed by atoms with Gasteiger partial charge in [-0.1, -0.05) is 15.9 Å². The quantitative estimate of drug-likeness (QED) is 0.771. The summed E-state index contributed by atoms with van der Waals surface area (Å²) in [6.45, 7) is 0.693. The summed E-state index contributed by atoms with van der Waals surface area (Å²) in [6, 6.07) is 9.91. The van der Waals surface area contributed by atoms with Crippen LogP contribution in [-0.4, -0.2) is 9.97 Å². The molecule has 2 aromatic heterocycles. The number of hydrogen-bond acceptors (Lipinski definition) is 4. The van der Waals surface area contributed by atoms with E-state index in [1.54, 1.807) is 18.6 Å². The summed E-state index contributed by atoms with van der Waals surface area (Å²) >= 11 is 3.48. The number of hydrogen-bond donors (Lipinski definition) is 2. The Morgan fingerprint density at radius 3 is 2.75 bits per heavy atom. The molecule has 0 atom stereocenters. The Morgan fingerprint density at radius 2 is 1.95 bits per heavy atom. The van der Waals surface area contributed by atoms with E-state index >= 15 is 0 Å². The van der Waals surface area contributed by atoms with Crippen LogP contribution in [0.25, 0.3) is 10.9 Å². The van der Waals surface area contributed by atoms with Gasteiger partial charge in [0.2, 0.25) is 0 Å². The first kappa shape index (κ1) is 12.9. The van der Waals surface area contributed by atoms with Crippen LogP contribution < -0.4 is 11.1 Å². The molecule has 3 N–H and O–H groups in total. The van der Waals surface area contributed by atoms with Crippen LogP contribution in [0.15, 0.2) is 53.4 Å². The third-order valence-corrected chi connectivity index (χ3v) is 3.57. The van der Waals surface area contributed by atoms with Gasteiger partial charge in [0.15, 0.2) is 0 Å². The first-order chi connectivity index (χ1) is 9.74. The van der Waals surface area contributed by atoms with E-state index in [9.17, 15) is 0 Å². The first-order valence-electron chi connectivity index (χ1n) is 6.20. The van der Waals surface area contributed by atoms with E-state index < -0.39 is 0 Å². The predicted molar refractivity (Wildman–Crippen MR) is 85.4 cm³/mol. The van der Waals surface area contributed by atoms with Gasteiger partial charge in [0, 0.05) is 28.8 Å². The van der Waals surface area contributed by atoms with Gasteiger partial charge in [-0.25, -0.2) is 0 Å². The smallest absolute Gasteiger partial charge is 0.0743 e. The van der Waals surface area contributed by atoms with Gasteiger partial charge in [0.25, 0.3) is 0 Å². The summed E-state index contributed by atoms with van der Waals surface area (Å²) in [5, 5.41) is 4.39. The van der Waals surface area contributed by atoms with Crippen LogP contribution >= 0.6 is 15.9 Å². The standard InChI is InChI=1S/C15H13BrN4/c16-11-1-2-14-12(7-11)15(13(17)9-19-14)20-8-10-3-5-18-6-4-10/h1-7,9H,8,17H2,(H,19,20). The number of nitrogen functional groups attached to an aromatic ring is 1. The molecule has 4 nitrogen and oxygen atoms in total. The van der Waals surface area contributed by atoms with Crippen LogP contribution in [-0.2, 0) is 6.54 Å². The minimum absolute atomic E-state index is 0.643. The lowest BCUT2D eigenvalue weighted by molar-refractivity contribution is 1.13. The summed E-state index contributed by atoms with van der Waals surface area (Å²) < 4.78 is 1.00. The highest BCUT2D eigenvalue weighted by atomic mass is 79.9. The van der Waals surface area contributed by atoms with E-state index in [0.29, 0.717) is 12.2 Å². The van der Waals surface area contributed by atoms with Crippen molar-refractivity contribution >= 4 is 38.2 Å². The zero-order valence-electron chi connectivity index (χ0n) is 10.7. The Morgan fingerprint density at radius 1 is 1.15 bits per heavy atom. The van der Waals surface area contributed by atoms with Crippen LogP contribution in [0.1, 0.15) is 5.56 Å². The fourth-order valence-corrected chi connectivity index (χ4v) is 2.43. The third-order valence-electron chi connectivity index (χ3n) is 3.08. The van der Waals surface area contributed by atoms with E-state index in [2.05, 4.69) is 31.2 Å². The zero-order chi connectivity index (χ0) is 13.9. The number of nitrogens with one attached hydrogen (secondary N) is 1. The third kappa shape index (κ3) is 2.58. The number of rotatable bonds is 3. The number of aromatic nitrogens is 2. The summed E-state index contributed by atoms with van der Waals surface area (Å²) in [5.41, 5.74) is 9.67. The molecule has 0 spiro atoms. The van der Waals surface area contributed by atoms with Crippen molar-refractivity contribution in [2.24, 2.45) is 0 Å². The van der Waals surface area contributed by atoms with Crippen molar-refractivity contribution in [1.29, 1.82) is 0 Å². The SMILES string of the molecule is Nc1cnc2ccc(Br)cc2c1NCc1ccncc1. The highest BCUT2D eigenvalue weighted by Crippen LogP contribution is 2.30. The zero-order valence-corrected chi connectivity index (χ0v) is 12.3. The predicted octanol–water partition coefficient (Wildman–Crippen LogP) is 3.59. The number of anilines is 2. The summed E-state index contributed by atoms with van der Waals surface area (Å²) in [7, 11) is 0. The molecular weight excluding hydrogens is 316 g/mol. The minimum Gasteiger partial charge on any atom is -0.396 e. The van der Waals surface area contributed by atoms with Gasteiger partial charge in [0.05, 0.1) is 23.1 Å². The van der Waals surface area contributed by atoms with Crippen molar-refractivity contribution in [3.8, 4) is 0 Å². The van der Waals surface area contributed by atoms with E-state index in [0.717, 1.165) is 26.6 Å². The van der Waals surface area contributed by atoms with Gasteiger partial charge in [-0.2, -0.15) is 0 Å². The molecule has 0 amide bonds. The molecule has 1 aromatic carbocycles. The Balaban J connectivity index is 1.97. The van der Waals surface area contributed by atoms with Gasteiger partial charge < -0.3 is 11.1 Å². The van der Waals surface area contributed by atoms with Gasteiger partial charge in [0.1, 0.15) is 0 Å². The fraction of sp³-hybridized carbons (Fsp3) is 0.0667. The number of pyridine rings is 2. The first-order valence-corrected chi connectivity index (χ1v) is 7.00. The maximum Gasteiger partial charge on any atom is 0.0743 e. The molecule has 5 heteroatoms. The fourth-order valence-electron chi connectivity index (χ4n) is 2.07. The maximum absolute atomic E-state index is 6.05. The van der Waals surface area contributed by atoms with E-state index in [1.807, 2.05) is 30.3 Å². The molecule has 0 radical (unpaired) electrons. The van der Waals surface area contributed by atoms with Crippen molar-refractivity contribution in [1.82, 2.24) is 9.97 Å². The van der Waals surface area contributed by atoms with Crippen LogP contribution in [0.2, 0.25) is 0 Å². The van der Waals surface area contributed by atoms with Crippen LogP contribution in [0.3, 0.4) is 0 Å². The summed E-state index contributed by atoms with van der Waals surface area (Å²) in [5.74, 6) is 0. The monoisotopic (exact) mass is 328 g/mol. The Labute approximate surface area is 125 Å². The van der Waals surface area contributed by atoms with E-state index in [4.69, 9.17) is 5.73 Å². The van der Waals surface area contributed by atoms with Crippen molar-refractivity contribution < 1.29 is 0 Å². The second-order valence-corrected chi connectivity index (χ2v) is 5.37. The molecule has 0 aliphatic heterocycles. The molecule has 0 aliphatic carbocycles. The molecule has 0 unspecified atom stereocenters. The molecule has 3 rings (SSSR count). The maximum atomic E-state index is 6.05.